The molecule has 0 spiro atoms. The summed E-state index contributed by atoms with van der Waals surface area (Å²) in [4.78, 5) is 18.0. The Morgan fingerprint density at radius 1 is 1.33 bits per heavy atom. The smallest absolute Gasteiger partial charge is 0.341 e. The quantitative estimate of drug-likeness (QED) is 0.784. The molecule has 0 N–H and O–H groups in total. The highest BCUT2D eigenvalue weighted by molar-refractivity contribution is 5.91. The van der Waals surface area contributed by atoms with E-state index in [1.165, 1.54) is 0 Å². The van der Waals surface area contributed by atoms with Crippen molar-refractivity contribution in [3.8, 4) is 0 Å². The van der Waals surface area contributed by atoms with Crippen LogP contribution in [0.5, 0.6) is 0 Å². The Labute approximate surface area is 124 Å². The van der Waals surface area contributed by atoms with E-state index < -0.39 is 5.79 Å². The van der Waals surface area contributed by atoms with E-state index >= 15 is 0 Å². The maximum Gasteiger partial charge on any atom is 0.341 e. The molecule has 3 aliphatic rings. The lowest BCUT2D eigenvalue weighted by molar-refractivity contribution is -0.209. The lowest BCUT2D eigenvalue weighted by atomic mass is 9.85. The van der Waals surface area contributed by atoms with Crippen molar-refractivity contribution >= 4 is 11.7 Å². The van der Waals surface area contributed by atoms with Gasteiger partial charge >= 0.3 is 5.97 Å². The second kappa shape index (κ2) is 3.87. The molecule has 2 saturated carbocycles. The molecule has 0 radical (unpaired) electrons. The molecule has 0 unspecified atom stereocenters. The number of esters is 1. The second-order valence-corrected chi connectivity index (χ2v) is 7.03. The van der Waals surface area contributed by atoms with Gasteiger partial charge in [-0.3, -0.25) is 0 Å². The molecule has 4 nitrogen and oxygen atoms in total. The van der Waals surface area contributed by atoms with E-state index in [0.717, 1.165) is 12.1 Å². The fourth-order valence-corrected chi connectivity index (χ4v) is 4.34. The molecular formula is C17H19NO3. The third kappa shape index (κ3) is 1.62. The van der Waals surface area contributed by atoms with Gasteiger partial charge in [0.15, 0.2) is 0 Å². The molecule has 110 valence electrons. The normalized spacial score (nSPS) is 38.0. The van der Waals surface area contributed by atoms with Crippen molar-refractivity contribution in [3.63, 3.8) is 0 Å². The molecule has 1 aliphatic heterocycles. The predicted molar refractivity (Wildman–Crippen MR) is 77.7 cm³/mol. The largest absolute Gasteiger partial charge is 0.416 e. The molecule has 0 aromatic heterocycles. The number of fused-ring (bicyclic) bond motifs is 3. The van der Waals surface area contributed by atoms with Crippen molar-refractivity contribution in [2.45, 2.75) is 33.0 Å². The van der Waals surface area contributed by atoms with Crippen LogP contribution in [-0.4, -0.2) is 17.5 Å². The van der Waals surface area contributed by atoms with Gasteiger partial charge in [0.2, 0.25) is 0 Å². The minimum absolute atomic E-state index is 0.102. The van der Waals surface area contributed by atoms with Crippen LogP contribution in [0.2, 0.25) is 0 Å². The van der Waals surface area contributed by atoms with Crippen molar-refractivity contribution in [3.05, 3.63) is 35.9 Å². The summed E-state index contributed by atoms with van der Waals surface area (Å²) in [5.41, 5.74) is 1.81. The first-order valence-corrected chi connectivity index (χ1v) is 7.47. The van der Waals surface area contributed by atoms with Crippen LogP contribution < -0.4 is 0 Å². The molecule has 4 atom stereocenters. The number of carbonyl (C=O) groups is 1. The third-order valence-electron chi connectivity index (χ3n) is 5.55. The van der Waals surface area contributed by atoms with Crippen LogP contribution in [0, 0.1) is 23.2 Å². The topological polar surface area (TPSA) is 47.9 Å². The first-order valence-electron chi connectivity index (χ1n) is 7.47. The highest BCUT2D eigenvalue weighted by Crippen LogP contribution is 2.73. The molecule has 2 fully saturated rings. The lowest BCUT2D eigenvalue weighted by Gasteiger charge is -2.31. The first kappa shape index (κ1) is 12.9. The maximum atomic E-state index is 12.4. The van der Waals surface area contributed by atoms with Crippen LogP contribution in [0.25, 0.3) is 0 Å². The molecule has 0 saturated heterocycles. The molecule has 1 aromatic carbocycles. The Balaban J connectivity index is 1.60. The number of nitrogens with zero attached hydrogens (tertiary/aromatic N) is 1. The number of carbonyl (C=O) groups excluding carboxylic acids is 1. The van der Waals surface area contributed by atoms with Gasteiger partial charge in [-0.1, -0.05) is 37.2 Å². The lowest BCUT2D eigenvalue weighted by Crippen LogP contribution is -2.43. The summed E-state index contributed by atoms with van der Waals surface area (Å²) in [6.07, 6.45) is 0.745. The van der Waals surface area contributed by atoms with E-state index in [1.807, 2.05) is 25.1 Å². The van der Waals surface area contributed by atoms with E-state index in [4.69, 9.17) is 9.57 Å². The monoisotopic (exact) mass is 285 g/mol. The standard InChI is InChI=1S/C17H19NO3/c1-10-13-14-12(16(14,2)3)9-17(13,21-18-10)20-15(19)11-7-5-4-6-8-11/h4-8,12-14H,9H2,1-3H3/t12-,13+,14+,17+/m1/s1. The summed E-state index contributed by atoms with van der Waals surface area (Å²) in [6, 6.07) is 9.06. The first-order chi connectivity index (χ1) is 9.96. The molecule has 4 rings (SSSR count). The van der Waals surface area contributed by atoms with Gasteiger partial charge in [0, 0.05) is 6.42 Å². The average molecular weight is 285 g/mol. The Morgan fingerprint density at radius 3 is 2.76 bits per heavy atom. The minimum Gasteiger partial charge on any atom is -0.416 e. The Morgan fingerprint density at radius 2 is 2.05 bits per heavy atom. The predicted octanol–water partition coefficient (Wildman–Crippen LogP) is 3.24. The van der Waals surface area contributed by atoms with Crippen molar-refractivity contribution < 1.29 is 14.4 Å². The summed E-state index contributed by atoms with van der Waals surface area (Å²) in [6.45, 7) is 6.52. The van der Waals surface area contributed by atoms with Crippen LogP contribution in [0.15, 0.2) is 35.5 Å². The summed E-state index contributed by atoms with van der Waals surface area (Å²) < 4.78 is 5.80. The fraction of sp³-hybridized carbons (Fsp3) is 0.529. The van der Waals surface area contributed by atoms with Crippen LogP contribution >= 0.6 is 0 Å². The molecule has 2 aliphatic carbocycles. The zero-order chi connectivity index (χ0) is 14.8. The highest BCUT2D eigenvalue weighted by Gasteiger charge is 2.77. The second-order valence-electron chi connectivity index (χ2n) is 7.03. The third-order valence-corrected chi connectivity index (χ3v) is 5.55. The minimum atomic E-state index is -0.873. The zero-order valence-electron chi connectivity index (χ0n) is 12.5. The van der Waals surface area contributed by atoms with Gasteiger partial charge in [-0.05, 0) is 36.3 Å². The zero-order valence-corrected chi connectivity index (χ0v) is 12.5. The Bertz CT molecular complexity index is 637. The number of hydrogen-bond acceptors (Lipinski definition) is 4. The van der Waals surface area contributed by atoms with Crippen molar-refractivity contribution in [1.29, 1.82) is 0 Å². The van der Waals surface area contributed by atoms with Crippen LogP contribution in [0.4, 0.5) is 0 Å². The maximum absolute atomic E-state index is 12.4. The summed E-state index contributed by atoms with van der Waals surface area (Å²) in [5, 5.41) is 4.12. The van der Waals surface area contributed by atoms with Gasteiger partial charge in [0.1, 0.15) is 0 Å². The van der Waals surface area contributed by atoms with Gasteiger partial charge in [0.05, 0.1) is 17.2 Å². The number of ether oxygens (including phenoxy) is 1. The van der Waals surface area contributed by atoms with Gasteiger partial charge in [0.25, 0.3) is 5.79 Å². The van der Waals surface area contributed by atoms with Gasteiger partial charge < -0.3 is 9.57 Å². The van der Waals surface area contributed by atoms with E-state index in [-0.39, 0.29) is 11.9 Å². The van der Waals surface area contributed by atoms with Crippen molar-refractivity contribution in [1.82, 2.24) is 0 Å². The van der Waals surface area contributed by atoms with Gasteiger partial charge in [-0.15, -0.1) is 0 Å². The van der Waals surface area contributed by atoms with E-state index in [1.54, 1.807) is 12.1 Å². The Hall–Kier alpha value is -1.84. The molecule has 0 bridgehead atoms. The number of oxime groups is 1. The number of benzene rings is 1. The van der Waals surface area contributed by atoms with Crippen LogP contribution in [0.1, 0.15) is 37.6 Å². The summed E-state index contributed by atoms with van der Waals surface area (Å²) in [5.74, 6) is -0.0411. The molecule has 1 heterocycles. The SMILES string of the molecule is CC1=NO[C@@]2(OC(=O)c3ccccc3)C[C@@H]3[C@@H]([C@H]12)C3(C)C. The van der Waals surface area contributed by atoms with E-state index in [2.05, 4.69) is 19.0 Å². The molecule has 0 amide bonds. The van der Waals surface area contributed by atoms with Crippen molar-refractivity contribution in [2.75, 3.05) is 0 Å². The van der Waals surface area contributed by atoms with Gasteiger partial charge in [-0.2, -0.15) is 0 Å². The molecule has 1 aromatic rings. The highest BCUT2D eigenvalue weighted by atomic mass is 16.8. The van der Waals surface area contributed by atoms with Gasteiger partial charge in [-0.25, -0.2) is 4.79 Å². The summed E-state index contributed by atoms with van der Waals surface area (Å²) in [7, 11) is 0. The van der Waals surface area contributed by atoms with Crippen molar-refractivity contribution in [2.24, 2.45) is 28.3 Å². The van der Waals surface area contributed by atoms with Crippen LogP contribution in [-0.2, 0) is 9.57 Å². The van der Waals surface area contributed by atoms with E-state index in [0.29, 0.717) is 22.8 Å². The fourth-order valence-electron chi connectivity index (χ4n) is 4.34. The average Bonchev–Trinajstić information content (AvgIpc) is 2.80. The Kier molecular flexibility index (Phi) is 2.37. The number of hydrogen-bond donors (Lipinski definition) is 0. The molecule has 21 heavy (non-hydrogen) atoms. The number of rotatable bonds is 2. The molecular weight excluding hydrogens is 266 g/mol. The molecule has 4 heteroatoms. The van der Waals surface area contributed by atoms with E-state index in [9.17, 15) is 4.79 Å². The summed E-state index contributed by atoms with van der Waals surface area (Å²) >= 11 is 0. The van der Waals surface area contributed by atoms with Crippen LogP contribution in [0.3, 0.4) is 0 Å².